The summed E-state index contributed by atoms with van der Waals surface area (Å²) in [6.45, 7) is 0. The highest BCUT2D eigenvalue weighted by molar-refractivity contribution is 9.10. The van der Waals surface area contributed by atoms with Crippen molar-refractivity contribution in [3.63, 3.8) is 0 Å². The molecule has 12 heavy (non-hydrogen) atoms. The van der Waals surface area contributed by atoms with E-state index in [1.165, 1.54) is 7.11 Å². The molecule has 0 bridgehead atoms. The van der Waals surface area contributed by atoms with Crippen molar-refractivity contribution >= 4 is 27.0 Å². The molecule has 0 aliphatic heterocycles. The van der Waals surface area contributed by atoms with E-state index in [1.54, 1.807) is 18.2 Å². The van der Waals surface area contributed by atoms with Crippen molar-refractivity contribution in [3.05, 3.63) is 22.7 Å². The minimum Gasteiger partial charge on any atom is -0.497 e. The van der Waals surface area contributed by atoms with Crippen LogP contribution in [0.1, 0.15) is 0 Å². The van der Waals surface area contributed by atoms with Gasteiger partial charge in [0.05, 0.1) is 12.0 Å². The Kier molecular flexibility index (Phi) is 3.25. The third kappa shape index (κ3) is 2.06. The molecule has 1 N–H and O–H groups in total. The zero-order chi connectivity index (χ0) is 9.14. The zero-order valence-electron chi connectivity index (χ0n) is 6.28. The molecule has 66 valence electrons. The molecule has 0 amide bonds. The van der Waals surface area contributed by atoms with E-state index in [9.17, 15) is 4.21 Å². The number of hydrogen-bond acceptors (Lipinski definition) is 2. The summed E-state index contributed by atoms with van der Waals surface area (Å²) >= 11 is 1.20. The van der Waals surface area contributed by atoms with Crippen molar-refractivity contribution in [3.8, 4) is 5.75 Å². The summed E-state index contributed by atoms with van der Waals surface area (Å²) in [4.78, 5) is 0.343. The van der Waals surface area contributed by atoms with Crippen LogP contribution in [-0.4, -0.2) is 15.9 Å². The molecule has 0 spiro atoms. The summed E-state index contributed by atoms with van der Waals surface area (Å²) in [7, 11) is 1.54. The Balaban J connectivity index is 3.12. The van der Waals surface area contributed by atoms with Gasteiger partial charge in [-0.25, -0.2) is 4.21 Å². The molecular weight excluding hydrogens is 244 g/mol. The number of methoxy groups -OCH3 is 1. The zero-order valence-corrected chi connectivity index (χ0v) is 8.68. The molecule has 1 aromatic rings. The summed E-state index contributed by atoms with van der Waals surface area (Å²) in [5.74, 6) is 0.649. The third-order valence-electron chi connectivity index (χ3n) is 1.33. The number of ether oxygens (including phenoxy) is 1. The molecule has 1 aromatic carbocycles. The van der Waals surface area contributed by atoms with Gasteiger partial charge in [-0.15, -0.1) is 0 Å². The number of rotatable bonds is 2. The van der Waals surface area contributed by atoms with Crippen molar-refractivity contribution in [2.75, 3.05) is 7.11 Å². The Bertz CT molecular complexity index is 314. The maximum absolute atomic E-state index is 10.7. The molecule has 0 radical (unpaired) electrons. The predicted octanol–water partition coefficient (Wildman–Crippen LogP) is 2.04. The average molecular weight is 251 g/mol. The van der Waals surface area contributed by atoms with Gasteiger partial charge in [0.1, 0.15) is 5.75 Å². The Morgan fingerprint density at radius 1 is 1.58 bits per heavy atom. The fraction of sp³-hybridized carbons (Fsp3) is 0.143. The fourth-order valence-electron chi connectivity index (χ4n) is 0.750. The van der Waals surface area contributed by atoms with Gasteiger partial charge in [0.15, 0.2) is 11.1 Å². The quantitative estimate of drug-likeness (QED) is 0.818. The second-order valence-electron chi connectivity index (χ2n) is 2.05. The van der Waals surface area contributed by atoms with E-state index in [2.05, 4.69) is 15.9 Å². The first-order valence-corrected chi connectivity index (χ1v) is 4.99. The smallest absolute Gasteiger partial charge is 0.187 e. The first kappa shape index (κ1) is 9.70. The summed E-state index contributed by atoms with van der Waals surface area (Å²) in [5, 5.41) is 0. The number of halogens is 1. The highest BCUT2D eigenvalue weighted by Crippen LogP contribution is 2.24. The van der Waals surface area contributed by atoms with Crippen LogP contribution in [0.4, 0.5) is 0 Å². The van der Waals surface area contributed by atoms with Gasteiger partial charge in [0, 0.05) is 4.47 Å². The minimum absolute atomic E-state index is 0.343. The van der Waals surface area contributed by atoms with E-state index in [-0.39, 0.29) is 0 Å². The maximum atomic E-state index is 10.7. The van der Waals surface area contributed by atoms with Crippen molar-refractivity contribution in [1.82, 2.24) is 0 Å². The molecule has 3 nitrogen and oxygen atoms in total. The molecular formula is C7H7BrO3S. The largest absolute Gasteiger partial charge is 0.497 e. The lowest BCUT2D eigenvalue weighted by Gasteiger charge is -2.02. The van der Waals surface area contributed by atoms with Crippen LogP contribution in [0, 0.1) is 0 Å². The number of hydrogen-bond donors (Lipinski definition) is 1. The standard InChI is InChI=1S/C7H7BrO3S/c1-11-5-2-3-7(12(9)10)6(8)4-5/h2-4H,1H3,(H,9,10). The first-order valence-electron chi connectivity index (χ1n) is 3.09. The Morgan fingerprint density at radius 3 is 2.67 bits per heavy atom. The van der Waals surface area contributed by atoms with Gasteiger partial charge in [-0.2, -0.15) is 0 Å². The van der Waals surface area contributed by atoms with Crippen LogP contribution in [0.15, 0.2) is 27.6 Å². The molecule has 0 saturated heterocycles. The van der Waals surface area contributed by atoms with Crippen LogP contribution in [0.5, 0.6) is 5.75 Å². The molecule has 0 fully saturated rings. The summed E-state index contributed by atoms with van der Waals surface area (Å²) in [6.07, 6.45) is 0. The second-order valence-corrected chi connectivity index (χ2v) is 3.84. The lowest BCUT2D eigenvalue weighted by molar-refractivity contribution is 0.414. The molecule has 0 aliphatic rings. The van der Waals surface area contributed by atoms with E-state index >= 15 is 0 Å². The lowest BCUT2D eigenvalue weighted by atomic mass is 10.3. The van der Waals surface area contributed by atoms with Gasteiger partial charge < -0.3 is 9.29 Å². The molecule has 5 heteroatoms. The molecule has 0 saturated carbocycles. The molecule has 1 unspecified atom stereocenters. The molecule has 1 atom stereocenters. The Hall–Kier alpha value is -0.390. The summed E-state index contributed by atoms with van der Waals surface area (Å²) < 4.78 is 24.9. The monoisotopic (exact) mass is 250 g/mol. The summed E-state index contributed by atoms with van der Waals surface area (Å²) in [6, 6.07) is 4.82. The predicted molar refractivity (Wildman–Crippen MR) is 49.7 cm³/mol. The lowest BCUT2D eigenvalue weighted by Crippen LogP contribution is -1.90. The van der Waals surface area contributed by atoms with E-state index in [4.69, 9.17) is 9.29 Å². The summed E-state index contributed by atoms with van der Waals surface area (Å²) in [5.41, 5.74) is 0. The van der Waals surface area contributed by atoms with Crippen molar-refractivity contribution in [2.45, 2.75) is 4.90 Å². The maximum Gasteiger partial charge on any atom is 0.187 e. The minimum atomic E-state index is -1.95. The van der Waals surface area contributed by atoms with Gasteiger partial charge in [-0.05, 0) is 34.1 Å². The average Bonchev–Trinajstić information content (AvgIpc) is 2.03. The van der Waals surface area contributed by atoms with E-state index in [0.29, 0.717) is 15.1 Å². The Morgan fingerprint density at radius 2 is 2.25 bits per heavy atom. The topological polar surface area (TPSA) is 46.5 Å². The highest BCUT2D eigenvalue weighted by atomic mass is 79.9. The molecule has 0 aliphatic carbocycles. The second kappa shape index (κ2) is 4.02. The van der Waals surface area contributed by atoms with Crippen LogP contribution in [0.25, 0.3) is 0 Å². The van der Waals surface area contributed by atoms with E-state index in [1.807, 2.05) is 0 Å². The van der Waals surface area contributed by atoms with Crippen LogP contribution in [0.2, 0.25) is 0 Å². The van der Waals surface area contributed by atoms with Crippen molar-refractivity contribution in [1.29, 1.82) is 0 Å². The Labute approximate surface area is 81.2 Å². The van der Waals surface area contributed by atoms with Gasteiger partial charge in [-0.3, -0.25) is 0 Å². The van der Waals surface area contributed by atoms with Crippen LogP contribution >= 0.6 is 15.9 Å². The molecule has 1 rings (SSSR count). The van der Waals surface area contributed by atoms with Crippen LogP contribution in [-0.2, 0) is 11.1 Å². The third-order valence-corrected chi connectivity index (χ3v) is 2.98. The number of benzene rings is 1. The van der Waals surface area contributed by atoms with E-state index in [0.717, 1.165) is 0 Å². The van der Waals surface area contributed by atoms with Crippen LogP contribution < -0.4 is 4.74 Å². The normalized spacial score (nSPS) is 12.6. The van der Waals surface area contributed by atoms with Crippen molar-refractivity contribution < 1.29 is 13.5 Å². The van der Waals surface area contributed by atoms with Gasteiger partial charge in [-0.1, -0.05) is 0 Å². The highest BCUT2D eigenvalue weighted by Gasteiger charge is 2.05. The van der Waals surface area contributed by atoms with Gasteiger partial charge >= 0.3 is 0 Å². The fourth-order valence-corrected chi connectivity index (χ4v) is 1.93. The van der Waals surface area contributed by atoms with Gasteiger partial charge in [0.25, 0.3) is 0 Å². The SMILES string of the molecule is COc1ccc(S(=O)O)c(Br)c1. The molecule has 0 heterocycles. The first-order chi connectivity index (χ1) is 5.65. The van der Waals surface area contributed by atoms with Gasteiger partial charge in [0.2, 0.25) is 0 Å². The van der Waals surface area contributed by atoms with Crippen LogP contribution in [0.3, 0.4) is 0 Å². The molecule has 0 aromatic heterocycles. The van der Waals surface area contributed by atoms with Crippen molar-refractivity contribution in [2.24, 2.45) is 0 Å². The van der Waals surface area contributed by atoms with E-state index < -0.39 is 11.1 Å².